The Morgan fingerprint density at radius 2 is 1.57 bits per heavy atom. The third-order valence-corrected chi connectivity index (χ3v) is 5.83. The first kappa shape index (κ1) is 22.2. The van der Waals surface area contributed by atoms with Gasteiger partial charge < -0.3 is 15.7 Å². The second-order valence-electron chi connectivity index (χ2n) is 8.20. The predicted octanol–water partition coefficient (Wildman–Crippen LogP) is 2.84. The molecule has 4 N–H and O–H groups in total. The fourth-order valence-corrected chi connectivity index (χ4v) is 4.03. The average molecular weight is 416 g/mol. The molecule has 0 bridgehead atoms. The number of amides is 2. The highest BCUT2D eigenvalue weighted by molar-refractivity contribution is 5.99. The van der Waals surface area contributed by atoms with E-state index in [1.807, 2.05) is 0 Å². The van der Waals surface area contributed by atoms with Crippen LogP contribution in [0.15, 0.2) is 18.2 Å². The molecule has 8 nitrogen and oxygen atoms in total. The van der Waals surface area contributed by atoms with E-state index in [1.165, 1.54) is 44.9 Å². The fraction of sp³-hybridized carbons (Fsp3) is 0.636. The van der Waals surface area contributed by atoms with E-state index < -0.39 is 18.6 Å². The highest BCUT2D eigenvalue weighted by Crippen LogP contribution is 2.17. The summed E-state index contributed by atoms with van der Waals surface area (Å²) in [5.41, 5.74) is 1.60. The number of benzene rings is 1. The van der Waals surface area contributed by atoms with Crippen molar-refractivity contribution in [3.8, 4) is 0 Å². The molecule has 0 saturated heterocycles. The quantitative estimate of drug-likeness (QED) is 0.598. The van der Waals surface area contributed by atoms with Crippen molar-refractivity contribution in [2.24, 2.45) is 0 Å². The second kappa shape index (κ2) is 11.6. The summed E-state index contributed by atoms with van der Waals surface area (Å²) >= 11 is 0. The molecule has 0 radical (unpaired) electrons. The van der Waals surface area contributed by atoms with Crippen molar-refractivity contribution in [1.29, 1.82) is 0 Å². The molecule has 8 heteroatoms. The highest BCUT2D eigenvalue weighted by Gasteiger charge is 2.23. The first-order valence-corrected chi connectivity index (χ1v) is 11.2. The largest absolute Gasteiger partial charge is 0.394 e. The number of hydrogen-bond acceptors (Lipinski definition) is 5. The van der Waals surface area contributed by atoms with Gasteiger partial charge in [-0.3, -0.25) is 9.59 Å². The number of fused-ring (bicyclic) bond motifs is 1. The van der Waals surface area contributed by atoms with Crippen LogP contribution in [0.3, 0.4) is 0 Å². The van der Waals surface area contributed by atoms with Crippen LogP contribution < -0.4 is 10.6 Å². The van der Waals surface area contributed by atoms with Crippen LogP contribution in [0.1, 0.15) is 81.0 Å². The van der Waals surface area contributed by atoms with Crippen LogP contribution in [-0.2, 0) is 4.79 Å². The Morgan fingerprint density at radius 1 is 0.967 bits per heavy atom. The summed E-state index contributed by atoms with van der Waals surface area (Å²) < 4.78 is 0. The summed E-state index contributed by atoms with van der Waals surface area (Å²) in [5.74, 6) is -0.752. The summed E-state index contributed by atoms with van der Waals surface area (Å²) in [5, 5.41) is 25.8. The van der Waals surface area contributed by atoms with E-state index in [2.05, 4.69) is 26.0 Å². The van der Waals surface area contributed by atoms with E-state index in [9.17, 15) is 14.7 Å². The molecule has 164 valence electrons. The Kier molecular flexibility index (Phi) is 8.62. The third-order valence-electron chi connectivity index (χ3n) is 5.83. The van der Waals surface area contributed by atoms with Crippen molar-refractivity contribution in [3.05, 3.63) is 23.8 Å². The molecule has 1 atom stereocenters. The van der Waals surface area contributed by atoms with Gasteiger partial charge in [0.15, 0.2) is 0 Å². The standard InChI is InChI=1S/C22H33N5O3/c28-15-20(24-21(29)16-12-13-18-19(14-16)26-27-25-18)22(30)23-17-10-8-6-4-2-1-3-5-7-9-11-17/h12-14,17,20,28H,1-11,15H2,(H,23,30)(H,24,29)(H,25,26,27)/t20-/m0/s1. The van der Waals surface area contributed by atoms with Crippen LogP contribution in [0.25, 0.3) is 11.0 Å². The molecule has 0 aliphatic heterocycles. The topological polar surface area (TPSA) is 120 Å². The zero-order chi connectivity index (χ0) is 21.2. The van der Waals surface area contributed by atoms with Crippen molar-refractivity contribution >= 4 is 22.8 Å². The molecule has 30 heavy (non-hydrogen) atoms. The first-order valence-electron chi connectivity index (χ1n) is 11.2. The minimum atomic E-state index is -0.980. The monoisotopic (exact) mass is 415 g/mol. The lowest BCUT2D eigenvalue weighted by Gasteiger charge is -2.23. The van der Waals surface area contributed by atoms with Crippen LogP contribution in [-0.4, -0.2) is 51.0 Å². The molecule has 0 spiro atoms. The van der Waals surface area contributed by atoms with Crippen LogP contribution in [0.2, 0.25) is 0 Å². The maximum Gasteiger partial charge on any atom is 0.252 e. The summed E-state index contributed by atoms with van der Waals surface area (Å²) in [6.45, 7) is -0.448. The molecule has 2 amide bonds. The number of aliphatic hydroxyl groups is 1. The molecule has 1 saturated carbocycles. The van der Waals surface area contributed by atoms with E-state index in [0.717, 1.165) is 25.7 Å². The molecule has 0 unspecified atom stereocenters. The SMILES string of the molecule is O=C(N[C@@H](CO)C(=O)NC1CCCCCCCCCCC1)c1ccc2n[nH]nc2c1. The summed E-state index contributed by atoms with van der Waals surface area (Å²) in [4.78, 5) is 25.3. The number of aliphatic hydroxyl groups excluding tert-OH is 1. The average Bonchev–Trinajstić information content (AvgIpc) is 3.21. The number of aromatic amines is 1. The number of carbonyl (C=O) groups is 2. The number of rotatable bonds is 5. The van der Waals surface area contributed by atoms with Gasteiger partial charge in [0.05, 0.1) is 6.61 Å². The van der Waals surface area contributed by atoms with Crippen LogP contribution in [0, 0.1) is 0 Å². The maximum atomic E-state index is 12.7. The Bertz CT molecular complexity index is 810. The minimum Gasteiger partial charge on any atom is -0.394 e. The lowest BCUT2D eigenvalue weighted by molar-refractivity contribution is -0.124. The Hall–Kier alpha value is -2.48. The zero-order valence-corrected chi connectivity index (χ0v) is 17.5. The van der Waals surface area contributed by atoms with Gasteiger partial charge in [0.2, 0.25) is 5.91 Å². The summed E-state index contributed by atoms with van der Waals surface area (Å²) in [6.07, 6.45) is 12.9. The van der Waals surface area contributed by atoms with Gasteiger partial charge in [-0.2, -0.15) is 15.4 Å². The normalized spacial score (nSPS) is 18.2. The molecule has 1 aliphatic rings. The Labute approximate surface area is 177 Å². The Morgan fingerprint density at radius 3 is 2.20 bits per heavy atom. The van der Waals surface area contributed by atoms with Crippen molar-refractivity contribution in [2.75, 3.05) is 6.61 Å². The van der Waals surface area contributed by atoms with Gasteiger partial charge >= 0.3 is 0 Å². The number of nitrogens with one attached hydrogen (secondary N) is 3. The van der Waals surface area contributed by atoms with E-state index in [4.69, 9.17) is 0 Å². The van der Waals surface area contributed by atoms with Gasteiger partial charge in [-0.25, -0.2) is 0 Å². The van der Waals surface area contributed by atoms with Gasteiger partial charge in [-0.1, -0.05) is 57.8 Å². The van der Waals surface area contributed by atoms with Crippen molar-refractivity contribution in [2.45, 2.75) is 82.7 Å². The van der Waals surface area contributed by atoms with Crippen molar-refractivity contribution in [1.82, 2.24) is 26.0 Å². The van der Waals surface area contributed by atoms with Crippen LogP contribution in [0.5, 0.6) is 0 Å². The van der Waals surface area contributed by atoms with Crippen molar-refractivity contribution in [3.63, 3.8) is 0 Å². The molecular weight excluding hydrogens is 382 g/mol. The number of carbonyl (C=O) groups excluding carboxylic acids is 2. The molecule has 1 aromatic heterocycles. The zero-order valence-electron chi connectivity index (χ0n) is 17.5. The molecule has 1 heterocycles. The molecule has 3 rings (SSSR count). The Balaban J connectivity index is 1.55. The third kappa shape index (κ3) is 6.52. The lowest BCUT2D eigenvalue weighted by Crippen LogP contribution is -2.51. The molecule has 2 aromatic rings. The van der Waals surface area contributed by atoms with E-state index in [-0.39, 0.29) is 11.9 Å². The van der Waals surface area contributed by atoms with E-state index >= 15 is 0 Å². The van der Waals surface area contributed by atoms with E-state index in [0.29, 0.717) is 16.6 Å². The van der Waals surface area contributed by atoms with Crippen LogP contribution in [0.4, 0.5) is 0 Å². The fourth-order valence-electron chi connectivity index (χ4n) is 4.03. The van der Waals surface area contributed by atoms with Gasteiger partial charge in [-0.15, -0.1) is 0 Å². The smallest absolute Gasteiger partial charge is 0.252 e. The van der Waals surface area contributed by atoms with Gasteiger partial charge in [0, 0.05) is 11.6 Å². The second-order valence-corrected chi connectivity index (χ2v) is 8.20. The predicted molar refractivity (Wildman–Crippen MR) is 115 cm³/mol. The van der Waals surface area contributed by atoms with Gasteiger partial charge in [-0.05, 0) is 31.0 Å². The van der Waals surface area contributed by atoms with Crippen molar-refractivity contribution < 1.29 is 14.7 Å². The first-order chi connectivity index (χ1) is 14.7. The number of hydrogen-bond donors (Lipinski definition) is 4. The van der Waals surface area contributed by atoms with Gasteiger partial charge in [0.1, 0.15) is 17.1 Å². The minimum absolute atomic E-state index is 0.0920. The maximum absolute atomic E-state index is 12.7. The van der Waals surface area contributed by atoms with E-state index in [1.54, 1.807) is 18.2 Å². The molecule has 1 aliphatic carbocycles. The lowest BCUT2D eigenvalue weighted by atomic mass is 9.97. The molecule has 1 aromatic carbocycles. The van der Waals surface area contributed by atoms with Crippen LogP contribution >= 0.6 is 0 Å². The summed E-state index contributed by atoms with van der Waals surface area (Å²) in [6, 6.07) is 4.03. The van der Waals surface area contributed by atoms with Gasteiger partial charge in [0.25, 0.3) is 5.91 Å². The summed E-state index contributed by atoms with van der Waals surface area (Å²) in [7, 11) is 0. The molecule has 1 fully saturated rings. The number of nitrogens with zero attached hydrogens (tertiary/aromatic N) is 2. The number of aromatic nitrogens is 3. The highest BCUT2D eigenvalue weighted by atomic mass is 16.3. The number of H-pyrrole nitrogens is 1. The molecular formula is C22H33N5O3.